The van der Waals surface area contributed by atoms with Crippen molar-refractivity contribution in [1.82, 2.24) is 15.5 Å². The lowest BCUT2D eigenvalue weighted by Gasteiger charge is -2.21. The van der Waals surface area contributed by atoms with Crippen LogP contribution in [-0.4, -0.2) is 64.3 Å². The topological polar surface area (TPSA) is 119 Å². The number of likely N-dealkylation sites (tertiary alicyclic amines) is 1. The maximum Gasteiger partial charge on any atom is 0.326 e. The van der Waals surface area contributed by atoms with Crippen LogP contribution in [0.5, 0.6) is 0 Å². The molecular weight excluding hydrogens is 278 g/mol. The number of rotatable bonds is 6. The zero-order chi connectivity index (χ0) is 16.0. The van der Waals surface area contributed by atoms with Crippen LogP contribution >= 0.6 is 0 Å². The molecule has 1 aliphatic heterocycles. The van der Waals surface area contributed by atoms with E-state index in [1.165, 1.54) is 0 Å². The Bertz CT molecular complexity index is 401. The minimum absolute atomic E-state index is 0.0120. The van der Waals surface area contributed by atoms with Crippen LogP contribution in [-0.2, 0) is 9.59 Å². The van der Waals surface area contributed by atoms with Crippen molar-refractivity contribution in [1.29, 1.82) is 0 Å². The summed E-state index contributed by atoms with van der Waals surface area (Å²) in [6.07, 6.45) is 0.150. The summed E-state index contributed by atoms with van der Waals surface area (Å²) in [5.74, 6) is -1.31. The van der Waals surface area contributed by atoms with Crippen LogP contribution in [0.3, 0.4) is 0 Å². The number of urea groups is 1. The summed E-state index contributed by atoms with van der Waals surface area (Å²) in [5.41, 5.74) is 0. The predicted octanol–water partition coefficient (Wildman–Crippen LogP) is -0.479. The van der Waals surface area contributed by atoms with E-state index >= 15 is 0 Å². The highest BCUT2D eigenvalue weighted by Gasteiger charge is 2.38. The molecule has 1 fully saturated rings. The molecule has 0 spiro atoms. The normalized spacial score (nSPS) is 22.7. The second-order valence-electron chi connectivity index (χ2n) is 5.25. The van der Waals surface area contributed by atoms with Gasteiger partial charge in [-0.05, 0) is 13.3 Å². The number of β-amino-alcohol motifs (C(OH)–C–C–N with tert-alkyl or cyclic N) is 1. The van der Waals surface area contributed by atoms with Crippen molar-refractivity contribution in [2.75, 3.05) is 13.1 Å². The Morgan fingerprint density at radius 1 is 1.38 bits per heavy atom. The number of nitrogens with zero attached hydrogens (tertiary/aromatic N) is 1. The van der Waals surface area contributed by atoms with E-state index in [1.807, 2.05) is 13.8 Å². The summed E-state index contributed by atoms with van der Waals surface area (Å²) in [6.45, 7) is 3.96. The minimum atomic E-state index is -1.14. The first-order valence-corrected chi connectivity index (χ1v) is 7.09. The quantitative estimate of drug-likeness (QED) is 0.528. The molecule has 4 N–H and O–H groups in total. The van der Waals surface area contributed by atoms with Crippen molar-refractivity contribution >= 4 is 17.9 Å². The number of aliphatic carboxylic acids is 1. The SMILES string of the molecule is CCC(C)NC(=O)CCNC(=O)N1C[C@H](O)C[C@@H]1C(=O)O. The number of aliphatic hydroxyl groups is 1. The van der Waals surface area contributed by atoms with Gasteiger partial charge in [0.05, 0.1) is 6.10 Å². The van der Waals surface area contributed by atoms with Gasteiger partial charge in [0.25, 0.3) is 0 Å². The summed E-state index contributed by atoms with van der Waals surface area (Å²) in [5, 5.41) is 23.7. The third-order valence-corrected chi connectivity index (χ3v) is 3.47. The minimum Gasteiger partial charge on any atom is -0.480 e. The Morgan fingerprint density at radius 2 is 2.05 bits per heavy atom. The van der Waals surface area contributed by atoms with Crippen LogP contribution in [0.4, 0.5) is 4.79 Å². The van der Waals surface area contributed by atoms with Gasteiger partial charge in [-0.3, -0.25) is 4.79 Å². The number of carbonyl (C=O) groups is 3. The number of nitrogens with one attached hydrogen (secondary N) is 2. The Labute approximate surface area is 123 Å². The number of amides is 3. The van der Waals surface area contributed by atoms with Crippen molar-refractivity contribution in [3.63, 3.8) is 0 Å². The van der Waals surface area contributed by atoms with Crippen molar-refractivity contribution < 1.29 is 24.6 Å². The van der Waals surface area contributed by atoms with Gasteiger partial charge in [-0.1, -0.05) is 6.92 Å². The van der Waals surface area contributed by atoms with E-state index in [0.29, 0.717) is 0 Å². The molecule has 21 heavy (non-hydrogen) atoms. The van der Waals surface area contributed by atoms with Crippen molar-refractivity contribution in [2.45, 2.75) is 51.3 Å². The van der Waals surface area contributed by atoms with E-state index in [0.717, 1.165) is 11.3 Å². The Balaban J connectivity index is 2.36. The molecule has 3 amide bonds. The molecule has 3 atom stereocenters. The van der Waals surface area contributed by atoms with Gasteiger partial charge in [-0.25, -0.2) is 9.59 Å². The first kappa shape index (κ1) is 17.2. The largest absolute Gasteiger partial charge is 0.480 e. The number of aliphatic hydroxyl groups excluding tert-OH is 1. The van der Waals surface area contributed by atoms with E-state index in [1.54, 1.807) is 0 Å². The Morgan fingerprint density at radius 3 is 2.62 bits per heavy atom. The summed E-state index contributed by atoms with van der Waals surface area (Å²) < 4.78 is 0. The zero-order valence-electron chi connectivity index (χ0n) is 12.3. The summed E-state index contributed by atoms with van der Waals surface area (Å²) in [6, 6.07) is -1.51. The van der Waals surface area contributed by atoms with Crippen molar-refractivity contribution in [3.8, 4) is 0 Å². The molecule has 8 heteroatoms. The number of carbonyl (C=O) groups excluding carboxylic acids is 2. The van der Waals surface area contributed by atoms with E-state index in [-0.39, 0.29) is 37.9 Å². The Kier molecular flexibility index (Phi) is 6.41. The number of hydrogen-bond donors (Lipinski definition) is 4. The van der Waals surface area contributed by atoms with Gasteiger partial charge in [0.1, 0.15) is 6.04 Å². The lowest BCUT2D eigenvalue weighted by molar-refractivity contribution is -0.141. The fourth-order valence-corrected chi connectivity index (χ4v) is 2.11. The average Bonchev–Trinajstić information content (AvgIpc) is 2.80. The van der Waals surface area contributed by atoms with E-state index < -0.39 is 24.1 Å². The lowest BCUT2D eigenvalue weighted by atomic mass is 10.2. The lowest BCUT2D eigenvalue weighted by Crippen LogP contribution is -2.47. The van der Waals surface area contributed by atoms with Crippen LogP contribution in [0.1, 0.15) is 33.1 Å². The molecule has 0 aromatic heterocycles. The van der Waals surface area contributed by atoms with Gasteiger partial charge in [-0.15, -0.1) is 0 Å². The number of hydrogen-bond acceptors (Lipinski definition) is 4. The molecule has 120 valence electrons. The van der Waals surface area contributed by atoms with Gasteiger partial charge < -0.3 is 25.7 Å². The summed E-state index contributed by atoms with van der Waals surface area (Å²) in [7, 11) is 0. The summed E-state index contributed by atoms with van der Waals surface area (Å²) >= 11 is 0. The van der Waals surface area contributed by atoms with Gasteiger partial charge in [-0.2, -0.15) is 0 Å². The first-order chi connectivity index (χ1) is 9.85. The second kappa shape index (κ2) is 7.82. The molecular formula is C13H23N3O5. The standard InChI is InChI=1S/C13H23N3O5/c1-3-8(2)15-11(18)4-5-14-13(21)16-7-9(17)6-10(16)12(19)20/h8-10,17H,3-7H2,1-2H3,(H,14,21)(H,15,18)(H,19,20)/t8?,9-,10-/m1/s1. The molecule has 1 heterocycles. The predicted molar refractivity (Wildman–Crippen MR) is 74.7 cm³/mol. The molecule has 0 aromatic rings. The highest BCUT2D eigenvalue weighted by atomic mass is 16.4. The van der Waals surface area contributed by atoms with Crippen LogP contribution in [0.25, 0.3) is 0 Å². The molecule has 1 unspecified atom stereocenters. The van der Waals surface area contributed by atoms with Gasteiger partial charge in [0.15, 0.2) is 0 Å². The summed E-state index contributed by atoms with van der Waals surface area (Å²) in [4.78, 5) is 35.5. The molecule has 1 aliphatic rings. The zero-order valence-corrected chi connectivity index (χ0v) is 12.3. The van der Waals surface area contributed by atoms with Crippen LogP contribution in [0.15, 0.2) is 0 Å². The van der Waals surface area contributed by atoms with E-state index in [9.17, 15) is 19.5 Å². The van der Waals surface area contributed by atoms with Crippen molar-refractivity contribution in [2.24, 2.45) is 0 Å². The van der Waals surface area contributed by atoms with Gasteiger partial charge >= 0.3 is 12.0 Å². The first-order valence-electron chi connectivity index (χ1n) is 7.09. The molecule has 0 bridgehead atoms. The maximum atomic E-state index is 11.9. The fraction of sp³-hybridized carbons (Fsp3) is 0.769. The highest BCUT2D eigenvalue weighted by Crippen LogP contribution is 2.17. The van der Waals surface area contributed by atoms with Crippen LogP contribution < -0.4 is 10.6 Å². The Hall–Kier alpha value is -1.83. The molecule has 8 nitrogen and oxygen atoms in total. The number of carboxylic acids is 1. The smallest absolute Gasteiger partial charge is 0.326 e. The van der Waals surface area contributed by atoms with E-state index in [4.69, 9.17) is 5.11 Å². The van der Waals surface area contributed by atoms with Crippen LogP contribution in [0, 0.1) is 0 Å². The number of carboxylic acid groups (broad SMARTS) is 1. The highest BCUT2D eigenvalue weighted by molar-refractivity contribution is 5.84. The van der Waals surface area contributed by atoms with Gasteiger partial charge in [0, 0.05) is 32.0 Å². The van der Waals surface area contributed by atoms with Gasteiger partial charge in [0.2, 0.25) is 5.91 Å². The fourth-order valence-electron chi connectivity index (χ4n) is 2.11. The third kappa shape index (κ3) is 5.22. The second-order valence-corrected chi connectivity index (χ2v) is 5.25. The van der Waals surface area contributed by atoms with Crippen LogP contribution in [0.2, 0.25) is 0 Å². The average molecular weight is 301 g/mol. The monoisotopic (exact) mass is 301 g/mol. The third-order valence-electron chi connectivity index (χ3n) is 3.47. The van der Waals surface area contributed by atoms with E-state index in [2.05, 4.69) is 10.6 Å². The molecule has 1 saturated heterocycles. The maximum absolute atomic E-state index is 11.9. The van der Waals surface area contributed by atoms with Crippen molar-refractivity contribution in [3.05, 3.63) is 0 Å². The molecule has 1 rings (SSSR count). The molecule has 0 saturated carbocycles. The molecule has 0 radical (unpaired) electrons. The molecule has 0 aromatic carbocycles. The molecule has 0 aliphatic carbocycles.